The Labute approximate surface area is 87.8 Å². The summed E-state index contributed by atoms with van der Waals surface area (Å²) in [4.78, 5) is 12.4. The van der Waals surface area contributed by atoms with Crippen LogP contribution >= 0.6 is 0 Å². The summed E-state index contributed by atoms with van der Waals surface area (Å²) in [5.74, 6) is 0. The van der Waals surface area contributed by atoms with Crippen LogP contribution in [0.5, 0.6) is 0 Å². The summed E-state index contributed by atoms with van der Waals surface area (Å²) in [6.07, 6.45) is -0.654. The van der Waals surface area contributed by atoms with Gasteiger partial charge >= 0.3 is 0 Å². The van der Waals surface area contributed by atoms with Crippen LogP contribution in [0.25, 0.3) is 0 Å². The second-order valence-corrected chi connectivity index (χ2v) is 3.54. The molecule has 1 fully saturated rings. The molecule has 2 rings (SSSR count). The Morgan fingerprint density at radius 1 is 1.40 bits per heavy atom. The third-order valence-corrected chi connectivity index (χ3v) is 2.53. The van der Waals surface area contributed by atoms with Gasteiger partial charge in [-0.1, -0.05) is 18.2 Å². The zero-order valence-corrected chi connectivity index (χ0v) is 8.30. The molecule has 1 aliphatic rings. The summed E-state index contributed by atoms with van der Waals surface area (Å²) >= 11 is 0. The standard InChI is InChI=1S/C10H13N3O2/c14-13(15)10-8-12(7-6-11-10)9-4-2-1-3-5-9/h1-5,10-11H,6-8H2. The lowest BCUT2D eigenvalue weighted by Gasteiger charge is -2.30. The number of piperazine rings is 1. The van der Waals surface area contributed by atoms with Crippen molar-refractivity contribution in [3.63, 3.8) is 0 Å². The first-order valence-electron chi connectivity index (χ1n) is 4.94. The summed E-state index contributed by atoms with van der Waals surface area (Å²) in [6.45, 7) is 1.89. The fraction of sp³-hybridized carbons (Fsp3) is 0.400. The Kier molecular flexibility index (Phi) is 2.82. The molecule has 0 aliphatic carbocycles. The maximum Gasteiger partial charge on any atom is 0.283 e. The van der Waals surface area contributed by atoms with Gasteiger partial charge in [0, 0.05) is 23.7 Å². The molecule has 5 nitrogen and oxygen atoms in total. The van der Waals surface area contributed by atoms with E-state index in [4.69, 9.17) is 0 Å². The highest BCUT2D eigenvalue weighted by molar-refractivity contribution is 5.46. The van der Waals surface area contributed by atoms with Gasteiger partial charge in [-0.15, -0.1) is 0 Å². The minimum Gasteiger partial charge on any atom is -0.362 e. The zero-order valence-electron chi connectivity index (χ0n) is 8.30. The zero-order chi connectivity index (χ0) is 10.7. The predicted octanol–water partition coefficient (Wildman–Crippen LogP) is 0.699. The van der Waals surface area contributed by atoms with E-state index in [1.165, 1.54) is 0 Å². The van der Waals surface area contributed by atoms with E-state index in [9.17, 15) is 10.1 Å². The van der Waals surface area contributed by atoms with Crippen molar-refractivity contribution in [2.75, 3.05) is 24.5 Å². The van der Waals surface area contributed by atoms with Crippen molar-refractivity contribution < 1.29 is 4.92 Å². The minimum atomic E-state index is -0.654. The van der Waals surface area contributed by atoms with Crippen LogP contribution in [-0.4, -0.2) is 30.7 Å². The minimum absolute atomic E-state index is 0.269. The highest BCUT2D eigenvalue weighted by Gasteiger charge is 2.27. The molecule has 0 spiro atoms. The molecule has 1 heterocycles. The third-order valence-electron chi connectivity index (χ3n) is 2.53. The molecule has 1 aromatic rings. The molecule has 1 N–H and O–H groups in total. The fourth-order valence-corrected chi connectivity index (χ4v) is 1.75. The van der Waals surface area contributed by atoms with Crippen molar-refractivity contribution in [3.05, 3.63) is 40.4 Å². The first kappa shape index (κ1) is 9.92. The smallest absolute Gasteiger partial charge is 0.283 e. The van der Waals surface area contributed by atoms with Gasteiger partial charge in [0.1, 0.15) is 6.54 Å². The third kappa shape index (κ3) is 2.24. The molecule has 0 saturated carbocycles. The lowest BCUT2D eigenvalue weighted by molar-refractivity contribution is -0.527. The second kappa shape index (κ2) is 4.27. The first-order chi connectivity index (χ1) is 7.27. The molecule has 1 aliphatic heterocycles. The van der Waals surface area contributed by atoms with E-state index in [1.807, 2.05) is 35.2 Å². The van der Waals surface area contributed by atoms with E-state index < -0.39 is 6.17 Å². The van der Waals surface area contributed by atoms with Gasteiger partial charge in [0.05, 0.1) is 0 Å². The van der Waals surface area contributed by atoms with Gasteiger partial charge in [0.2, 0.25) is 0 Å². The van der Waals surface area contributed by atoms with Crippen molar-refractivity contribution in [3.8, 4) is 0 Å². The van der Waals surface area contributed by atoms with Gasteiger partial charge in [0.15, 0.2) is 0 Å². The van der Waals surface area contributed by atoms with E-state index in [-0.39, 0.29) is 4.92 Å². The maximum absolute atomic E-state index is 10.6. The highest BCUT2D eigenvalue weighted by atomic mass is 16.6. The van der Waals surface area contributed by atoms with Crippen molar-refractivity contribution in [1.82, 2.24) is 5.32 Å². The Morgan fingerprint density at radius 2 is 2.13 bits per heavy atom. The number of hydrogen-bond acceptors (Lipinski definition) is 4. The summed E-state index contributed by atoms with van der Waals surface area (Å²) in [5, 5.41) is 13.5. The van der Waals surface area contributed by atoms with Crippen molar-refractivity contribution in [2.45, 2.75) is 6.17 Å². The summed E-state index contributed by atoms with van der Waals surface area (Å²) < 4.78 is 0. The number of para-hydroxylation sites is 1. The number of benzene rings is 1. The molecular weight excluding hydrogens is 194 g/mol. The van der Waals surface area contributed by atoms with E-state index in [1.54, 1.807) is 0 Å². The van der Waals surface area contributed by atoms with Gasteiger partial charge < -0.3 is 4.90 Å². The number of anilines is 1. The van der Waals surface area contributed by atoms with Crippen molar-refractivity contribution in [1.29, 1.82) is 0 Å². The van der Waals surface area contributed by atoms with Crippen LogP contribution in [0.2, 0.25) is 0 Å². The largest absolute Gasteiger partial charge is 0.362 e. The Balaban J connectivity index is 2.08. The molecule has 0 bridgehead atoms. The molecule has 1 atom stereocenters. The molecule has 1 saturated heterocycles. The normalized spacial score (nSPS) is 21.3. The van der Waals surface area contributed by atoms with Crippen LogP contribution in [0.3, 0.4) is 0 Å². The van der Waals surface area contributed by atoms with Crippen LogP contribution in [0.15, 0.2) is 30.3 Å². The van der Waals surface area contributed by atoms with E-state index in [0.717, 1.165) is 12.2 Å². The monoisotopic (exact) mass is 207 g/mol. The van der Waals surface area contributed by atoms with Gasteiger partial charge in [-0.25, -0.2) is 0 Å². The molecule has 80 valence electrons. The second-order valence-electron chi connectivity index (χ2n) is 3.54. The number of nitro groups is 1. The predicted molar refractivity (Wildman–Crippen MR) is 57.4 cm³/mol. The Hall–Kier alpha value is -1.62. The van der Waals surface area contributed by atoms with Crippen molar-refractivity contribution >= 4 is 5.69 Å². The lowest BCUT2D eigenvalue weighted by Crippen LogP contribution is -2.54. The van der Waals surface area contributed by atoms with E-state index >= 15 is 0 Å². The topological polar surface area (TPSA) is 58.4 Å². The number of nitrogens with one attached hydrogen (secondary N) is 1. The van der Waals surface area contributed by atoms with Gasteiger partial charge in [-0.2, -0.15) is 0 Å². The quantitative estimate of drug-likeness (QED) is 0.573. The summed E-state index contributed by atoms with van der Waals surface area (Å²) in [5.41, 5.74) is 1.05. The van der Waals surface area contributed by atoms with Crippen molar-refractivity contribution in [2.24, 2.45) is 0 Å². The molecule has 0 radical (unpaired) electrons. The van der Waals surface area contributed by atoms with Crippen LogP contribution in [0, 0.1) is 10.1 Å². The molecular formula is C10H13N3O2. The fourth-order valence-electron chi connectivity index (χ4n) is 1.75. The Morgan fingerprint density at radius 3 is 2.80 bits per heavy atom. The number of rotatable bonds is 2. The Bertz CT molecular complexity index is 342. The molecule has 1 aromatic carbocycles. The molecule has 1 unspecified atom stereocenters. The van der Waals surface area contributed by atoms with Gasteiger partial charge in [0.25, 0.3) is 6.17 Å². The molecule has 0 amide bonds. The highest BCUT2D eigenvalue weighted by Crippen LogP contribution is 2.14. The van der Waals surface area contributed by atoms with Crippen LogP contribution in [0.1, 0.15) is 0 Å². The molecule has 15 heavy (non-hydrogen) atoms. The van der Waals surface area contributed by atoms with Crippen LogP contribution in [0.4, 0.5) is 5.69 Å². The van der Waals surface area contributed by atoms with Crippen LogP contribution in [-0.2, 0) is 0 Å². The number of hydrogen-bond donors (Lipinski definition) is 1. The summed E-state index contributed by atoms with van der Waals surface area (Å²) in [7, 11) is 0. The number of nitrogens with zero attached hydrogens (tertiary/aromatic N) is 2. The molecule has 0 aromatic heterocycles. The maximum atomic E-state index is 10.6. The molecule has 5 heteroatoms. The summed E-state index contributed by atoms with van der Waals surface area (Å²) in [6, 6.07) is 9.78. The SMILES string of the molecule is O=[N+]([O-])C1CN(c2ccccc2)CCN1. The first-order valence-corrected chi connectivity index (χ1v) is 4.94. The van der Waals surface area contributed by atoms with E-state index in [0.29, 0.717) is 13.1 Å². The van der Waals surface area contributed by atoms with Crippen LogP contribution < -0.4 is 10.2 Å². The van der Waals surface area contributed by atoms with Gasteiger partial charge in [-0.3, -0.25) is 15.4 Å². The van der Waals surface area contributed by atoms with E-state index in [2.05, 4.69) is 5.32 Å². The van der Waals surface area contributed by atoms with Gasteiger partial charge in [-0.05, 0) is 12.1 Å². The average Bonchev–Trinajstić information content (AvgIpc) is 2.30. The average molecular weight is 207 g/mol. The lowest BCUT2D eigenvalue weighted by atomic mass is 10.2.